The Kier molecular flexibility index (Phi) is 12.9. The molecule has 13 rings (SSSR count). The highest BCUT2D eigenvalue weighted by atomic mass is 31.2. The van der Waals surface area contributed by atoms with E-state index in [9.17, 15) is 4.57 Å². The largest absolute Gasteiger partial charge is 0.319 e. The molecule has 1 aromatic heterocycles. The predicted molar refractivity (Wildman–Crippen MR) is 328 cm³/mol. The first-order valence-corrected chi connectivity index (χ1v) is 29.9. The summed E-state index contributed by atoms with van der Waals surface area (Å²) in [6.45, 7) is 3.67. The summed E-state index contributed by atoms with van der Waals surface area (Å²) in [6.07, 6.45) is 5.77. The third-order valence-electron chi connectivity index (χ3n) is 16.2. The molecule has 1 heterocycles. The fourth-order valence-corrected chi connectivity index (χ4v) is 12.9. The lowest BCUT2D eigenvalue weighted by Crippen LogP contribution is -2.30. The minimum atomic E-state index is -2.38. The maximum atomic E-state index is 13.0. The Labute approximate surface area is 457 Å². The number of hydrogen-bond donors (Lipinski definition) is 0. The highest BCUT2D eigenvalue weighted by molar-refractivity contribution is 7.70. The second-order valence-corrected chi connectivity index (χ2v) is 24.5. The zero-order chi connectivity index (χ0) is 52.6. The lowest BCUT2D eigenvalue weighted by molar-refractivity contribution is 0.346. The fourth-order valence-electron chi connectivity index (χ4n) is 12.0. The van der Waals surface area contributed by atoms with Crippen molar-refractivity contribution < 1.29 is 4.57 Å². The third-order valence-corrected chi connectivity index (χ3v) is 17.7. The van der Waals surface area contributed by atoms with Gasteiger partial charge in [0.15, 0.2) is 17.5 Å². The molecule has 11 aromatic carbocycles. The second-order valence-electron chi connectivity index (χ2n) is 21.3. The Hall–Kier alpha value is -8.82. The van der Waals surface area contributed by atoms with Crippen molar-refractivity contribution in [3.63, 3.8) is 0 Å². The molecule has 1 fully saturated rings. The molecule has 1 saturated carbocycles. The van der Waals surface area contributed by atoms with Crippen LogP contribution in [-0.2, 0) is 9.98 Å². The highest BCUT2D eigenvalue weighted by Gasteiger charge is 2.36. The first-order chi connectivity index (χ1) is 38.3. The summed E-state index contributed by atoms with van der Waals surface area (Å²) in [5.74, 6) is 1.92. The van der Waals surface area contributed by atoms with Crippen molar-refractivity contribution in [3.8, 4) is 89.8 Å². The number of nitrogens with zero attached hydrogens (tertiary/aromatic N) is 3. The molecule has 1 aliphatic rings. The zero-order valence-corrected chi connectivity index (χ0v) is 44.9. The van der Waals surface area contributed by atoms with Crippen molar-refractivity contribution in [2.75, 3.05) is 13.3 Å². The smallest absolute Gasteiger partial charge is 0.164 e. The van der Waals surface area contributed by atoms with E-state index in [1.807, 2.05) is 31.5 Å². The van der Waals surface area contributed by atoms with Crippen LogP contribution in [0, 0.1) is 0 Å². The van der Waals surface area contributed by atoms with Gasteiger partial charge in [0.2, 0.25) is 0 Å². The van der Waals surface area contributed by atoms with E-state index in [1.54, 1.807) is 0 Å². The highest BCUT2D eigenvalue weighted by Crippen LogP contribution is 2.48. The Morgan fingerprint density at radius 3 is 0.897 bits per heavy atom. The number of aromatic nitrogens is 3. The molecular weight excluding hydrogens is 966 g/mol. The van der Waals surface area contributed by atoms with Crippen LogP contribution in [0.5, 0.6) is 0 Å². The third kappa shape index (κ3) is 9.37. The molecule has 12 aromatic rings. The van der Waals surface area contributed by atoms with Gasteiger partial charge in [0.25, 0.3) is 0 Å². The fraction of sp³-hybridized carbons (Fsp3) is 0.110. The molecule has 1 aliphatic carbocycles. The summed E-state index contributed by atoms with van der Waals surface area (Å²) in [5.41, 5.74) is 17.2. The quantitative estimate of drug-likeness (QED) is 0.0957. The molecule has 5 heteroatoms. The van der Waals surface area contributed by atoms with Gasteiger partial charge in [0.1, 0.15) is 7.14 Å². The van der Waals surface area contributed by atoms with Gasteiger partial charge in [0, 0.05) is 27.4 Å². The molecule has 0 aliphatic heterocycles. The van der Waals surface area contributed by atoms with Gasteiger partial charge in [-0.05, 0) is 114 Å². The van der Waals surface area contributed by atoms with Crippen LogP contribution in [0.4, 0.5) is 0 Å². The van der Waals surface area contributed by atoms with Crippen LogP contribution in [0.3, 0.4) is 0 Å². The summed E-state index contributed by atoms with van der Waals surface area (Å²) in [7, 11) is -2.38. The van der Waals surface area contributed by atoms with E-state index in [0.29, 0.717) is 17.5 Å². The van der Waals surface area contributed by atoms with Gasteiger partial charge in [-0.25, -0.2) is 15.0 Å². The molecule has 0 radical (unpaired) electrons. The van der Waals surface area contributed by atoms with Crippen molar-refractivity contribution in [1.29, 1.82) is 0 Å². The maximum absolute atomic E-state index is 13.0. The summed E-state index contributed by atoms with van der Waals surface area (Å²) >= 11 is 0. The summed E-state index contributed by atoms with van der Waals surface area (Å²) in [6, 6.07) is 91.4. The lowest BCUT2D eigenvalue weighted by atomic mass is 9.65. The van der Waals surface area contributed by atoms with Crippen LogP contribution < -0.4 is 5.30 Å². The Morgan fingerprint density at radius 2 is 0.564 bits per heavy atom. The van der Waals surface area contributed by atoms with Crippen LogP contribution in [0.1, 0.15) is 43.2 Å². The average molecular weight is 1020 g/mol. The average Bonchev–Trinajstić information content (AvgIpc) is 3.54. The summed E-state index contributed by atoms with van der Waals surface area (Å²) < 4.78 is 13.0. The SMILES string of the molecule is CP(C)(=O)c1ccc(-c2c3ccccc3c(-c3ccc(C4(c5ccc(-c6nc(-c7ccc(-c8ccccc8)cc7)nc(-c7ccc(-c8ccc(-c9ccccc9)cc8)cc7)n6)cc5)CCCCC4)cc3)c3ccccc23)cc1. The molecule has 0 saturated heterocycles. The van der Waals surface area contributed by atoms with Gasteiger partial charge < -0.3 is 4.57 Å². The normalized spacial score (nSPS) is 13.4. The lowest BCUT2D eigenvalue weighted by Gasteiger charge is -2.39. The van der Waals surface area contributed by atoms with Crippen LogP contribution >= 0.6 is 7.14 Å². The van der Waals surface area contributed by atoms with Gasteiger partial charge in [-0.1, -0.05) is 274 Å². The van der Waals surface area contributed by atoms with Crippen LogP contribution in [-0.4, -0.2) is 28.3 Å². The van der Waals surface area contributed by atoms with Gasteiger partial charge in [0.05, 0.1) is 0 Å². The monoisotopic (exact) mass is 1020 g/mol. The minimum absolute atomic E-state index is 0.129. The van der Waals surface area contributed by atoms with Crippen molar-refractivity contribution in [2.24, 2.45) is 0 Å². The first-order valence-electron chi connectivity index (χ1n) is 27.3. The van der Waals surface area contributed by atoms with E-state index in [-0.39, 0.29) is 5.41 Å². The first kappa shape index (κ1) is 48.8. The Morgan fingerprint density at radius 1 is 0.295 bits per heavy atom. The number of rotatable bonds is 11. The second kappa shape index (κ2) is 20.6. The molecule has 0 atom stereocenters. The molecule has 0 bridgehead atoms. The van der Waals surface area contributed by atoms with Crippen molar-refractivity contribution in [3.05, 3.63) is 266 Å². The van der Waals surface area contributed by atoms with Gasteiger partial charge in [-0.15, -0.1) is 0 Å². The molecule has 0 unspecified atom stereocenters. The van der Waals surface area contributed by atoms with Crippen LogP contribution in [0.2, 0.25) is 0 Å². The van der Waals surface area contributed by atoms with Crippen LogP contribution in [0.25, 0.3) is 111 Å². The van der Waals surface area contributed by atoms with Crippen molar-refractivity contribution >= 4 is 34.0 Å². The van der Waals surface area contributed by atoms with Gasteiger partial charge >= 0.3 is 0 Å². The molecule has 0 N–H and O–H groups in total. The Bertz CT molecular complexity index is 4090. The maximum Gasteiger partial charge on any atom is 0.164 e. The molecular formula is C73H58N3OP. The summed E-state index contributed by atoms with van der Waals surface area (Å²) in [4.78, 5) is 15.6. The summed E-state index contributed by atoms with van der Waals surface area (Å²) in [5, 5.41) is 5.76. The van der Waals surface area contributed by atoms with E-state index in [1.165, 1.54) is 85.3 Å². The number of fused-ring (bicyclic) bond motifs is 2. The van der Waals surface area contributed by atoms with E-state index in [2.05, 4.69) is 237 Å². The predicted octanol–water partition coefficient (Wildman–Crippen LogP) is 19.0. The number of hydrogen-bond acceptors (Lipinski definition) is 4. The van der Waals surface area contributed by atoms with Gasteiger partial charge in [-0.2, -0.15) is 0 Å². The topological polar surface area (TPSA) is 55.7 Å². The van der Waals surface area contributed by atoms with E-state index >= 15 is 0 Å². The van der Waals surface area contributed by atoms with E-state index < -0.39 is 7.14 Å². The molecule has 0 amide bonds. The minimum Gasteiger partial charge on any atom is -0.319 e. The molecule has 376 valence electrons. The van der Waals surface area contributed by atoms with Crippen LogP contribution in [0.15, 0.2) is 255 Å². The molecule has 4 nitrogen and oxygen atoms in total. The molecule has 0 spiro atoms. The van der Waals surface area contributed by atoms with Crippen molar-refractivity contribution in [2.45, 2.75) is 37.5 Å². The zero-order valence-electron chi connectivity index (χ0n) is 44.0. The standard InChI is InChI=1S/C73H58N3OP/c1-78(2,77)63-46-40-57(41-47-63)69-66-22-12-10-20-64(66)68(65-21-11-13-23-67(65)69)56-36-42-61(43-37-56)73(48-14-5-15-49-73)62-44-38-60(39-45-62)72-75-70(58-32-28-53(29-33-58)51-18-8-4-9-19-51)74-71(76-72)59-34-30-55(31-35-59)54-26-24-52(25-27-54)50-16-6-3-7-17-50/h3-4,6-13,16-47H,5,14-15,48-49H2,1-2H3. The van der Waals surface area contributed by atoms with E-state index in [4.69, 9.17) is 15.0 Å². The van der Waals surface area contributed by atoms with E-state index in [0.717, 1.165) is 57.1 Å². The number of benzene rings is 11. The molecule has 78 heavy (non-hydrogen) atoms. The van der Waals surface area contributed by atoms with Crippen molar-refractivity contribution in [1.82, 2.24) is 15.0 Å². The Balaban J connectivity index is 0.845. The van der Waals surface area contributed by atoms with Gasteiger partial charge in [-0.3, -0.25) is 0 Å².